The number of hydrogen-bond donors (Lipinski definition) is 1. The zero-order valence-electron chi connectivity index (χ0n) is 14.3. The SMILES string of the molecule is Fc1cccc(Cl)c1-c1noc(C2CC2)c1COCC1CNCCC1F. The molecule has 0 spiro atoms. The molecule has 1 N–H and O–H groups in total. The van der Waals surface area contributed by atoms with Gasteiger partial charge in [0.05, 0.1) is 23.8 Å². The molecule has 4 rings (SSSR count). The van der Waals surface area contributed by atoms with Crippen LogP contribution in [0.5, 0.6) is 0 Å². The number of halogens is 3. The minimum absolute atomic E-state index is 0.173. The standard InChI is InChI=1S/C19H21ClF2N2O2/c20-14-2-1-3-16(22)17(14)18-13(19(26-24-18)11-4-5-11)10-25-9-12-8-23-7-6-15(12)21/h1-3,11-12,15,23H,4-10H2. The van der Waals surface area contributed by atoms with E-state index in [2.05, 4.69) is 10.5 Å². The first-order valence-corrected chi connectivity index (χ1v) is 9.38. The highest BCUT2D eigenvalue weighted by Crippen LogP contribution is 2.45. The van der Waals surface area contributed by atoms with Crippen molar-refractivity contribution in [2.75, 3.05) is 19.7 Å². The molecule has 1 aliphatic carbocycles. The van der Waals surface area contributed by atoms with Crippen LogP contribution in [0, 0.1) is 11.7 Å². The monoisotopic (exact) mass is 382 g/mol. The summed E-state index contributed by atoms with van der Waals surface area (Å²) < 4.78 is 39.6. The summed E-state index contributed by atoms with van der Waals surface area (Å²) in [7, 11) is 0. The molecule has 1 aliphatic heterocycles. The molecule has 4 nitrogen and oxygen atoms in total. The Hall–Kier alpha value is -1.50. The number of nitrogens with zero attached hydrogens (tertiary/aromatic N) is 1. The molecule has 1 saturated heterocycles. The maximum atomic E-state index is 14.3. The summed E-state index contributed by atoms with van der Waals surface area (Å²) in [5.41, 5.74) is 1.33. The highest BCUT2D eigenvalue weighted by molar-refractivity contribution is 6.33. The van der Waals surface area contributed by atoms with E-state index < -0.39 is 12.0 Å². The summed E-state index contributed by atoms with van der Waals surface area (Å²) in [5.74, 6) is 0.409. The molecule has 26 heavy (non-hydrogen) atoms. The fourth-order valence-corrected chi connectivity index (χ4v) is 3.67. The lowest BCUT2D eigenvalue weighted by atomic mass is 9.98. The average Bonchev–Trinajstić information content (AvgIpc) is 3.38. The van der Waals surface area contributed by atoms with E-state index in [-0.39, 0.29) is 23.1 Å². The third-order valence-electron chi connectivity index (χ3n) is 5.06. The van der Waals surface area contributed by atoms with Gasteiger partial charge in [-0.3, -0.25) is 0 Å². The number of ether oxygens (including phenoxy) is 1. The molecule has 2 atom stereocenters. The van der Waals surface area contributed by atoms with Gasteiger partial charge in [0, 0.05) is 23.9 Å². The molecule has 2 heterocycles. The van der Waals surface area contributed by atoms with Crippen molar-refractivity contribution in [3.8, 4) is 11.3 Å². The Morgan fingerprint density at radius 3 is 2.88 bits per heavy atom. The highest BCUT2D eigenvalue weighted by atomic mass is 35.5. The maximum absolute atomic E-state index is 14.3. The van der Waals surface area contributed by atoms with E-state index in [0.29, 0.717) is 37.7 Å². The van der Waals surface area contributed by atoms with Crippen molar-refractivity contribution in [3.05, 3.63) is 40.4 Å². The van der Waals surface area contributed by atoms with Gasteiger partial charge >= 0.3 is 0 Å². The second-order valence-corrected chi connectivity index (χ2v) is 7.44. The molecule has 1 aromatic carbocycles. The number of rotatable bonds is 6. The Morgan fingerprint density at radius 1 is 1.31 bits per heavy atom. The van der Waals surface area contributed by atoms with Gasteiger partial charge < -0.3 is 14.6 Å². The Morgan fingerprint density at radius 2 is 2.15 bits per heavy atom. The van der Waals surface area contributed by atoms with Crippen molar-refractivity contribution in [3.63, 3.8) is 0 Å². The largest absolute Gasteiger partial charge is 0.376 e. The molecule has 140 valence electrons. The molecule has 7 heteroatoms. The van der Waals surface area contributed by atoms with Crippen LogP contribution < -0.4 is 5.32 Å². The van der Waals surface area contributed by atoms with E-state index in [1.807, 2.05) is 0 Å². The fraction of sp³-hybridized carbons (Fsp3) is 0.526. The van der Waals surface area contributed by atoms with Gasteiger partial charge in [-0.25, -0.2) is 8.78 Å². The van der Waals surface area contributed by atoms with Crippen molar-refractivity contribution in [2.45, 2.75) is 38.0 Å². The molecule has 0 radical (unpaired) electrons. The van der Waals surface area contributed by atoms with E-state index in [0.717, 1.165) is 24.2 Å². The topological polar surface area (TPSA) is 47.3 Å². The van der Waals surface area contributed by atoms with Crippen LogP contribution in [0.4, 0.5) is 8.78 Å². The molecule has 2 unspecified atom stereocenters. The summed E-state index contributed by atoms with van der Waals surface area (Å²) in [6.07, 6.45) is 1.68. The smallest absolute Gasteiger partial charge is 0.145 e. The molecule has 2 aliphatic rings. The normalized spacial score (nSPS) is 23.3. The van der Waals surface area contributed by atoms with Gasteiger partial charge in [-0.2, -0.15) is 0 Å². The molecule has 1 saturated carbocycles. The van der Waals surface area contributed by atoms with E-state index in [1.54, 1.807) is 12.1 Å². The predicted molar refractivity (Wildman–Crippen MR) is 94.4 cm³/mol. The van der Waals surface area contributed by atoms with Crippen molar-refractivity contribution >= 4 is 11.6 Å². The first kappa shape index (κ1) is 17.9. The van der Waals surface area contributed by atoms with Crippen LogP contribution in [0.25, 0.3) is 11.3 Å². The molecule has 0 amide bonds. The second kappa shape index (κ2) is 7.62. The number of alkyl halides is 1. The first-order valence-electron chi connectivity index (χ1n) is 9.00. The molecular weight excluding hydrogens is 362 g/mol. The fourth-order valence-electron chi connectivity index (χ4n) is 3.41. The van der Waals surface area contributed by atoms with Gasteiger partial charge in [0.1, 0.15) is 23.4 Å². The Bertz CT molecular complexity index is 759. The van der Waals surface area contributed by atoms with E-state index in [9.17, 15) is 8.78 Å². The maximum Gasteiger partial charge on any atom is 0.145 e. The number of piperidine rings is 1. The van der Waals surface area contributed by atoms with Crippen LogP contribution in [0.15, 0.2) is 22.7 Å². The first-order chi connectivity index (χ1) is 12.6. The zero-order chi connectivity index (χ0) is 18.1. The summed E-state index contributed by atoms with van der Waals surface area (Å²) in [6.45, 7) is 1.81. The van der Waals surface area contributed by atoms with Gasteiger partial charge in [0.2, 0.25) is 0 Å². The summed E-state index contributed by atoms with van der Waals surface area (Å²) in [6, 6.07) is 4.52. The Balaban J connectivity index is 1.55. The van der Waals surface area contributed by atoms with Gasteiger partial charge in [-0.05, 0) is 37.9 Å². The van der Waals surface area contributed by atoms with Gasteiger partial charge in [-0.1, -0.05) is 22.8 Å². The third-order valence-corrected chi connectivity index (χ3v) is 5.37. The van der Waals surface area contributed by atoms with E-state index in [4.69, 9.17) is 20.9 Å². The zero-order valence-corrected chi connectivity index (χ0v) is 15.1. The van der Waals surface area contributed by atoms with Gasteiger partial charge in [0.25, 0.3) is 0 Å². The van der Waals surface area contributed by atoms with Gasteiger partial charge in [-0.15, -0.1) is 0 Å². The van der Waals surface area contributed by atoms with E-state index >= 15 is 0 Å². The van der Waals surface area contributed by atoms with Crippen molar-refractivity contribution < 1.29 is 18.0 Å². The van der Waals surface area contributed by atoms with Crippen molar-refractivity contribution in [1.82, 2.24) is 10.5 Å². The van der Waals surface area contributed by atoms with Crippen LogP contribution >= 0.6 is 11.6 Å². The molecular formula is C19H21ClF2N2O2. The van der Waals surface area contributed by atoms with Crippen LogP contribution in [-0.4, -0.2) is 31.0 Å². The average molecular weight is 383 g/mol. The van der Waals surface area contributed by atoms with E-state index in [1.165, 1.54) is 6.07 Å². The highest BCUT2D eigenvalue weighted by Gasteiger charge is 2.34. The lowest BCUT2D eigenvalue weighted by Gasteiger charge is -2.26. The van der Waals surface area contributed by atoms with Crippen molar-refractivity contribution in [1.29, 1.82) is 0 Å². The summed E-state index contributed by atoms with van der Waals surface area (Å²) in [5, 5.41) is 7.55. The Labute approximate surface area is 155 Å². The number of benzene rings is 1. The summed E-state index contributed by atoms with van der Waals surface area (Å²) in [4.78, 5) is 0. The lowest BCUT2D eigenvalue weighted by Crippen LogP contribution is -2.40. The van der Waals surface area contributed by atoms with Crippen LogP contribution in [0.3, 0.4) is 0 Å². The molecule has 2 fully saturated rings. The minimum Gasteiger partial charge on any atom is -0.376 e. The Kier molecular flexibility index (Phi) is 5.25. The summed E-state index contributed by atoms with van der Waals surface area (Å²) >= 11 is 6.20. The number of nitrogens with one attached hydrogen (secondary N) is 1. The van der Waals surface area contributed by atoms with Crippen LogP contribution in [0.1, 0.15) is 36.5 Å². The van der Waals surface area contributed by atoms with Crippen LogP contribution in [-0.2, 0) is 11.3 Å². The molecule has 2 aromatic rings. The third kappa shape index (κ3) is 3.63. The van der Waals surface area contributed by atoms with Crippen LogP contribution in [0.2, 0.25) is 5.02 Å². The lowest BCUT2D eigenvalue weighted by molar-refractivity contribution is 0.0420. The van der Waals surface area contributed by atoms with Crippen molar-refractivity contribution in [2.24, 2.45) is 5.92 Å². The predicted octanol–water partition coefficient (Wildman–Crippen LogP) is 4.48. The second-order valence-electron chi connectivity index (χ2n) is 7.03. The molecule has 0 bridgehead atoms. The number of hydrogen-bond acceptors (Lipinski definition) is 4. The molecule has 1 aromatic heterocycles. The minimum atomic E-state index is -0.859. The number of aromatic nitrogens is 1. The quantitative estimate of drug-likeness (QED) is 0.800. The van der Waals surface area contributed by atoms with Gasteiger partial charge in [0.15, 0.2) is 0 Å².